The highest BCUT2D eigenvalue weighted by molar-refractivity contribution is 8.00. The highest BCUT2D eigenvalue weighted by Crippen LogP contribution is 2.32. The van der Waals surface area contributed by atoms with Crippen LogP contribution in [-0.4, -0.2) is 70.3 Å². The van der Waals surface area contributed by atoms with Crippen LogP contribution in [0, 0.1) is 0 Å². The molecule has 0 aromatic carbocycles. The number of aromatic nitrogens is 3. The quantitative estimate of drug-likeness (QED) is 0.477. The Balaban J connectivity index is 1.12. The van der Waals surface area contributed by atoms with Crippen molar-refractivity contribution in [3.8, 4) is 5.88 Å². The molecule has 0 spiro atoms. The van der Waals surface area contributed by atoms with Crippen LogP contribution in [0.1, 0.15) is 16.9 Å². The number of amides is 2. The minimum atomic E-state index is -0.232. The summed E-state index contributed by atoms with van der Waals surface area (Å²) in [5, 5.41) is 6.12. The molecule has 0 saturated carbocycles. The van der Waals surface area contributed by atoms with Gasteiger partial charge in [-0.05, 0) is 30.7 Å². The molecule has 2 aliphatic heterocycles. The highest BCUT2D eigenvalue weighted by atomic mass is 32.2. The van der Waals surface area contributed by atoms with E-state index >= 15 is 0 Å². The lowest BCUT2D eigenvalue weighted by molar-refractivity contribution is -0.113. The normalized spacial score (nSPS) is 17.4. The van der Waals surface area contributed by atoms with Crippen LogP contribution < -0.4 is 20.3 Å². The van der Waals surface area contributed by atoms with Crippen molar-refractivity contribution in [3.05, 3.63) is 42.2 Å². The van der Waals surface area contributed by atoms with Crippen molar-refractivity contribution < 1.29 is 14.3 Å². The summed E-state index contributed by atoms with van der Waals surface area (Å²) in [6.07, 6.45) is 2.89. The maximum atomic E-state index is 12.5. The van der Waals surface area contributed by atoms with E-state index in [2.05, 4.69) is 30.5 Å². The van der Waals surface area contributed by atoms with Gasteiger partial charge in [-0.1, -0.05) is 0 Å². The number of carbonyl (C=O) groups is 2. The molecule has 1 fully saturated rings. The molecule has 5 heterocycles. The van der Waals surface area contributed by atoms with Gasteiger partial charge >= 0.3 is 0 Å². The van der Waals surface area contributed by atoms with E-state index in [1.807, 2.05) is 42.2 Å². The Kier molecular flexibility index (Phi) is 6.73. The number of nitrogens with one attached hydrogen (secondary N) is 2. The Hall–Kier alpha value is -3.05. The maximum absolute atomic E-state index is 12.5. The van der Waals surface area contributed by atoms with Crippen molar-refractivity contribution in [1.29, 1.82) is 0 Å². The molecule has 11 heteroatoms. The molecule has 2 aliphatic rings. The molecular weight excluding hydrogens is 472 g/mol. The standard InChI is InChI=1S/C23H24N6O3S2/c1-32-20-5-3-15-21(28-20)17(6-8-24-15)29-10-7-14(12-29)33-11-9-25-23(31)16-2-4-18-22(26-16)27-19(30)13-34-18/h2-6,8,14H,7,9-13H2,1H3,(H,25,31)(H,26,27,30). The van der Waals surface area contributed by atoms with E-state index in [-0.39, 0.29) is 11.8 Å². The van der Waals surface area contributed by atoms with Crippen molar-refractivity contribution in [2.24, 2.45) is 0 Å². The van der Waals surface area contributed by atoms with Gasteiger partial charge in [-0.3, -0.25) is 14.6 Å². The van der Waals surface area contributed by atoms with Crippen molar-refractivity contribution in [2.75, 3.05) is 48.5 Å². The predicted molar refractivity (Wildman–Crippen MR) is 135 cm³/mol. The van der Waals surface area contributed by atoms with Gasteiger partial charge in [0.1, 0.15) is 17.0 Å². The number of methoxy groups -OCH3 is 1. The zero-order valence-electron chi connectivity index (χ0n) is 18.6. The van der Waals surface area contributed by atoms with Gasteiger partial charge in [0, 0.05) is 42.9 Å². The van der Waals surface area contributed by atoms with Gasteiger partial charge in [0.25, 0.3) is 5.91 Å². The molecule has 0 aliphatic carbocycles. The molecule has 2 amide bonds. The minimum Gasteiger partial charge on any atom is -0.481 e. The lowest BCUT2D eigenvalue weighted by Crippen LogP contribution is -2.28. The average molecular weight is 497 g/mol. The summed E-state index contributed by atoms with van der Waals surface area (Å²) in [5.74, 6) is 1.90. The van der Waals surface area contributed by atoms with Crippen LogP contribution in [0.4, 0.5) is 11.5 Å². The second-order valence-electron chi connectivity index (χ2n) is 7.91. The highest BCUT2D eigenvalue weighted by Gasteiger charge is 2.25. The Morgan fingerprint density at radius 3 is 3.09 bits per heavy atom. The molecule has 3 aromatic rings. The first kappa shape index (κ1) is 22.7. The van der Waals surface area contributed by atoms with Gasteiger partial charge in [0.2, 0.25) is 11.8 Å². The summed E-state index contributed by atoms with van der Waals surface area (Å²) in [6, 6.07) is 9.29. The Morgan fingerprint density at radius 2 is 2.21 bits per heavy atom. The van der Waals surface area contributed by atoms with Crippen molar-refractivity contribution >= 4 is 57.9 Å². The minimum absolute atomic E-state index is 0.0979. The number of carbonyl (C=O) groups excluding carboxylic acids is 2. The fourth-order valence-electron chi connectivity index (χ4n) is 4.02. The molecule has 34 heavy (non-hydrogen) atoms. The molecule has 5 rings (SSSR count). The third-order valence-electron chi connectivity index (χ3n) is 5.68. The Labute approximate surface area is 205 Å². The summed E-state index contributed by atoms with van der Waals surface area (Å²) in [5.41, 5.74) is 3.09. The monoisotopic (exact) mass is 496 g/mol. The number of rotatable bonds is 7. The zero-order valence-corrected chi connectivity index (χ0v) is 20.2. The molecule has 176 valence electrons. The summed E-state index contributed by atoms with van der Waals surface area (Å²) in [7, 11) is 1.62. The van der Waals surface area contributed by atoms with E-state index in [1.54, 1.807) is 13.2 Å². The van der Waals surface area contributed by atoms with Crippen LogP contribution in [0.25, 0.3) is 11.0 Å². The SMILES string of the molecule is COc1ccc2nccc(N3CCC(SCCNC(=O)c4ccc5c(n4)NC(=O)CS5)C3)c2n1. The second kappa shape index (κ2) is 10.1. The molecule has 0 radical (unpaired) electrons. The lowest BCUT2D eigenvalue weighted by atomic mass is 10.2. The van der Waals surface area contributed by atoms with Crippen LogP contribution in [0.5, 0.6) is 5.88 Å². The van der Waals surface area contributed by atoms with E-state index in [4.69, 9.17) is 4.74 Å². The van der Waals surface area contributed by atoms with Crippen molar-refractivity contribution in [3.63, 3.8) is 0 Å². The number of nitrogens with zero attached hydrogens (tertiary/aromatic N) is 4. The fraction of sp³-hybridized carbons (Fsp3) is 0.348. The first-order chi connectivity index (χ1) is 16.6. The number of hydrogen-bond acceptors (Lipinski definition) is 9. The topological polar surface area (TPSA) is 109 Å². The van der Waals surface area contributed by atoms with E-state index in [9.17, 15) is 9.59 Å². The third kappa shape index (κ3) is 4.90. The van der Waals surface area contributed by atoms with E-state index < -0.39 is 0 Å². The lowest BCUT2D eigenvalue weighted by Gasteiger charge is -2.20. The summed E-state index contributed by atoms with van der Waals surface area (Å²) in [4.78, 5) is 40.6. The Morgan fingerprint density at radius 1 is 1.29 bits per heavy atom. The van der Waals surface area contributed by atoms with Crippen LogP contribution in [0.2, 0.25) is 0 Å². The zero-order chi connectivity index (χ0) is 23.5. The molecule has 0 bridgehead atoms. The summed E-state index contributed by atoms with van der Waals surface area (Å²) in [6.45, 7) is 2.42. The summed E-state index contributed by atoms with van der Waals surface area (Å²) >= 11 is 3.28. The van der Waals surface area contributed by atoms with Gasteiger partial charge in [-0.25, -0.2) is 9.97 Å². The van der Waals surface area contributed by atoms with Gasteiger partial charge < -0.3 is 20.3 Å². The van der Waals surface area contributed by atoms with Crippen LogP contribution in [0.3, 0.4) is 0 Å². The molecule has 2 N–H and O–H groups in total. The molecular formula is C23H24N6O3S2. The van der Waals surface area contributed by atoms with E-state index in [0.717, 1.165) is 46.9 Å². The second-order valence-corrected chi connectivity index (χ2v) is 10.3. The number of pyridine rings is 3. The maximum Gasteiger partial charge on any atom is 0.269 e. The molecule has 1 saturated heterocycles. The number of fused-ring (bicyclic) bond motifs is 2. The fourth-order valence-corrected chi connectivity index (χ4v) is 5.88. The van der Waals surface area contributed by atoms with Crippen molar-refractivity contribution in [2.45, 2.75) is 16.6 Å². The number of ether oxygens (including phenoxy) is 1. The number of anilines is 2. The van der Waals surface area contributed by atoms with Crippen LogP contribution in [-0.2, 0) is 4.79 Å². The average Bonchev–Trinajstić information content (AvgIpc) is 3.34. The van der Waals surface area contributed by atoms with Crippen LogP contribution >= 0.6 is 23.5 Å². The first-order valence-corrected chi connectivity index (χ1v) is 13.0. The molecule has 9 nitrogen and oxygen atoms in total. The molecule has 1 unspecified atom stereocenters. The predicted octanol–water partition coefficient (Wildman–Crippen LogP) is 2.82. The smallest absolute Gasteiger partial charge is 0.269 e. The molecule has 1 atom stereocenters. The Bertz CT molecular complexity index is 1240. The van der Waals surface area contributed by atoms with Crippen LogP contribution in [0.15, 0.2) is 41.4 Å². The molecule has 3 aromatic heterocycles. The van der Waals surface area contributed by atoms with E-state index in [0.29, 0.717) is 34.9 Å². The number of thioether (sulfide) groups is 2. The first-order valence-electron chi connectivity index (χ1n) is 11.0. The number of hydrogen-bond donors (Lipinski definition) is 2. The van der Waals surface area contributed by atoms with Crippen molar-refractivity contribution in [1.82, 2.24) is 20.3 Å². The summed E-state index contributed by atoms with van der Waals surface area (Å²) < 4.78 is 5.29. The largest absolute Gasteiger partial charge is 0.481 e. The van der Waals surface area contributed by atoms with Gasteiger partial charge in [0.15, 0.2) is 0 Å². The third-order valence-corrected chi connectivity index (χ3v) is 8.02. The van der Waals surface area contributed by atoms with E-state index in [1.165, 1.54) is 11.8 Å². The van der Waals surface area contributed by atoms with Gasteiger partial charge in [0.05, 0.1) is 29.0 Å². The van der Waals surface area contributed by atoms with Gasteiger partial charge in [-0.2, -0.15) is 11.8 Å². The van der Waals surface area contributed by atoms with Gasteiger partial charge in [-0.15, -0.1) is 11.8 Å².